The van der Waals surface area contributed by atoms with E-state index in [0.29, 0.717) is 18.9 Å². The average Bonchev–Trinajstić information content (AvgIpc) is 2.47. The first kappa shape index (κ1) is 16.3. The van der Waals surface area contributed by atoms with Crippen LogP contribution >= 0.6 is 11.8 Å². The summed E-state index contributed by atoms with van der Waals surface area (Å²) in [5.74, 6) is -0.116. The van der Waals surface area contributed by atoms with Crippen LogP contribution in [0.1, 0.15) is 12.8 Å². The molecular weight excluding hydrogens is 310 g/mol. The topological polar surface area (TPSA) is 88.2 Å². The number of amides is 1. The van der Waals surface area contributed by atoms with Gasteiger partial charge in [-0.15, -0.1) is 11.8 Å². The van der Waals surface area contributed by atoms with Crippen LogP contribution in [0.5, 0.6) is 0 Å². The van der Waals surface area contributed by atoms with Crippen LogP contribution in [0.2, 0.25) is 0 Å². The van der Waals surface area contributed by atoms with Gasteiger partial charge in [0.05, 0.1) is 0 Å². The lowest BCUT2D eigenvalue weighted by Crippen LogP contribution is -2.55. The summed E-state index contributed by atoms with van der Waals surface area (Å²) in [5.41, 5.74) is 0. The molecule has 1 amide bonds. The van der Waals surface area contributed by atoms with E-state index >= 15 is 0 Å². The Morgan fingerprint density at radius 3 is 2.52 bits per heavy atom. The molecule has 0 atom stereocenters. The molecule has 2 heterocycles. The van der Waals surface area contributed by atoms with Crippen LogP contribution < -0.4 is 10.6 Å². The predicted molar refractivity (Wildman–Crippen MR) is 84.3 cm³/mol. The van der Waals surface area contributed by atoms with E-state index in [1.54, 1.807) is 24.0 Å². The molecule has 0 spiro atoms. The number of hydrogen-bond acceptors (Lipinski definition) is 6. The van der Waals surface area contributed by atoms with Crippen LogP contribution in [0.25, 0.3) is 0 Å². The van der Waals surface area contributed by atoms with Crippen molar-refractivity contribution in [1.29, 1.82) is 0 Å². The summed E-state index contributed by atoms with van der Waals surface area (Å²) in [6.45, 7) is 1.03. The molecule has 0 aromatic carbocycles. The first-order valence-corrected chi connectivity index (χ1v) is 9.72. The van der Waals surface area contributed by atoms with Gasteiger partial charge in [-0.1, -0.05) is 0 Å². The second kappa shape index (κ2) is 6.33. The van der Waals surface area contributed by atoms with E-state index in [9.17, 15) is 13.2 Å². The molecule has 0 unspecified atom stereocenters. The van der Waals surface area contributed by atoms with Gasteiger partial charge in [0, 0.05) is 17.3 Å². The molecule has 0 saturated carbocycles. The molecule has 0 radical (unpaired) electrons. The first-order valence-electron chi connectivity index (χ1n) is 6.61. The van der Waals surface area contributed by atoms with E-state index < -0.39 is 20.5 Å². The zero-order chi connectivity index (χ0) is 15.5. The van der Waals surface area contributed by atoms with Crippen molar-refractivity contribution in [1.82, 2.24) is 10.3 Å². The van der Waals surface area contributed by atoms with E-state index in [2.05, 4.69) is 15.6 Å². The molecule has 1 fully saturated rings. The summed E-state index contributed by atoms with van der Waals surface area (Å²) in [6, 6.07) is 3.52. The number of thioether (sulfide) groups is 1. The Bertz CT molecular complexity index is 608. The summed E-state index contributed by atoms with van der Waals surface area (Å²) in [6.07, 6.45) is 5.27. The lowest BCUT2D eigenvalue weighted by atomic mass is 9.96. The number of carbonyl (C=O) groups excluding carboxylic acids is 1. The van der Waals surface area contributed by atoms with Gasteiger partial charge in [0.25, 0.3) is 0 Å². The number of rotatable bonds is 4. The molecule has 21 heavy (non-hydrogen) atoms. The third-order valence-corrected chi connectivity index (χ3v) is 6.47. The maximum absolute atomic E-state index is 12.5. The van der Waals surface area contributed by atoms with Gasteiger partial charge in [-0.25, -0.2) is 13.4 Å². The van der Waals surface area contributed by atoms with Crippen LogP contribution in [0.3, 0.4) is 0 Å². The van der Waals surface area contributed by atoms with Crippen molar-refractivity contribution in [3.8, 4) is 0 Å². The normalized spacial score (nSPS) is 18.2. The Morgan fingerprint density at radius 2 is 2.05 bits per heavy atom. The van der Waals surface area contributed by atoms with Crippen molar-refractivity contribution >= 4 is 33.3 Å². The Hall–Kier alpha value is -1.12. The monoisotopic (exact) mass is 329 g/mol. The number of nitrogens with one attached hydrogen (secondary N) is 2. The summed E-state index contributed by atoms with van der Waals surface area (Å²) < 4.78 is 22.9. The van der Waals surface area contributed by atoms with Gasteiger partial charge < -0.3 is 10.6 Å². The first-order chi connectivity index (χ1) is 9.89. The summed E-state index contributed by atoms with van der Waals surface area (Å²) >= 11 is 1.55. The minimum atomic E-state index is -3.50. The molecule has 1 aliphatic heterocycles. The third-order valence-electron chi connectivity index (χ3n) is 3.75. The van der Waals surface area contributed by atoms with Crippen LogP contribution in [-0.4, -0.2) is 49.7 Å². The van der Waals surface area contributed by atoms with E-state index in [0.717, 1.165) is 11.2 Å². The number of aromatic nitrogens is 1. The van der Waals surface area contributed by atoms with Gasteiger partial charge in [-0.2, -0.15) is 0 Å². The van der Waals surface area contributed by atoms with Crippen molar-refractivity contribution in [3.05, 3.63) is 18.3 Å². The highest BCUT2D eigenvalue weighted by molar-refractivity contribution is 7.98. The third kappa shape index (κ3) is 3.38. The van der Waals surface area contributed by atoms with Crippen molar-refractivity contribution in [2.75, 3.05) is 30.9 Å². The average molecular weight is 329 g/mol. The Balaban J connectivity index is 2.22. The largest absolute Gasteiger partial charge is 0.317 e. The Morgan fingerprint density at radius 1 is 1.38 bits per heavy atom. The molecule has 0 aliphatic carbocycles. The Labute approximate surface area is 129 Å². The predicted octanol–water partition coefficient (Wildman–Crippen LogP) is 0.909. The van der Waals surface area contributed by atoms with E-state index in [1.165, 1.54) is 0 Å². The molecule has 1 saturated heterocycles. The summed E-state index contributed by atoms with van der Waals surface area (Å²) in [7, 11) is -3.50. The number of carbonyl (C=O) groups is 1. The number of piperidine rings is 1. The molecular formula is C13H19N3O3S2. The van der Waals surface area contributed by atoms with Gasteiger partial charge in [-0.05, 0) is 44.3 Å². The molecule has 1 aliphatic rings. The number of hydrogen-bond donors (Lipinski definition) is 2. The van der Waals surface area contributed by atoms with Crippen molar-refractivity contribution < 1.29 is 13.2 Å². The fourth-order valence-corrected chi connectivity index (χ4v) is 4.10. The molecule has 1 aromatic rings. The van der Waals surface area contributed by atoms with Crippen molar-refractivity contribution in [2.45, 2.75) is 22.5 Å². The van der Waals surface area contributed by atoms with E-state index in [1.807, 2.05) is 12.3 Å². The van der Waals surface area contributed by atoms with Gasteiger partial charge in [0.15, 0.2) is 14.6 Å². The molecule has 2 N–H and O–H groups in total. The highest BCUT2D eigenvalue weighted by Crippen LogP contribution is 2.29. The number of anilines is 1. The van der Waals surface area contributed by atoms with Crippen molar-refractivity contribution in [3.63, 3.8) is 0 Å². The van der Waals surface area contributed by atoms with Crippen LogP contribution in [-0.2, 0) is 14.6 Å². The number of pyridine rings is 1. The minimum Gasteiger partial charge on any atom is -0.317 e. The highest BCUT2D eigenvalue weighted by atomic mass is 32.2. The minimum absolute atomic E-state index is 0.278. The van der Waals surface area contributed by atoms with Crippen LogP contribution in [0.15, 0.2) is 23.2 Å². The smallest absolute Gasteiger partial charge is 0.247 e. The molecule has 1 aromatic heterocycles. The fourth-order valence-electron chi connectivity index (χ4n) is 2.40. The highest BCUT2D eigenvalue weighted by Gasteiger charge is 2.48. The molecule has 6 nitrogen and oxygen atoms in total. The SMILES string of the molecule is CSc1ccc(NC(=O)C2(S(C)(=O)=O)CCNCC2)nc1. The maximum Gasteiger partial charge on any atom is 0.247 e. The van der Waals surface area contributed by atoms with Crippen LogP contribution in [0.4, 0.5) is 5.82 Å². The molecule has 116 valence electrons. The quantitative estimate of drug-likeness (QED) is 0.798. The Kier molecular flexibility index (Phi) is 4.90. The number of sulfone groups is 1. The van der Waals surface area contributed by atoms with Gasteiger partial charge >= 0.3 is 0 Å². The molecule has 8 heteroatoms. The summed E-state index contributed by atoms with van der Waals surface area (Å²) in [4.78, 5) is 17.6. The second-order valence-electron chi connectivity index (χ2n) is 5.05. The number of nitrogens with zero attached hydrogens (tertiary/aromatic N) is 1. The van der Waals surface area contributed by atoms with Crippen molar-refractivity contribution in [2.24, 2.45) is 0 Å². The van der Waals surface area contributed by atoms with E-state index in [4.69, 9.17) is 0 Å². The van der Waals surface area contributed by atoms with Gasteiger partial charge in [0.2, 0.25) is 5.91 Å². The molecule has 2 rings (SSSR count). The lowest BCUT2D eigenvalue weighted by Gasteiger charge is -2.34. The van der Waals surface area contributed by atoms with Gasteiger partial charge in [0.1, 0.15) is 5.82 Å². The molecule has 0 bridgehead atoms. The maximum atomic E-state index is 12.5. The summed E-state index contributed by atoms with van der Waals surface area (Å²) in [5, 5.41) is 5.73. The lowest BCUT2D eigenvalue weighted by molar-refractivity contribution is -0.119. The van der Waals surface area contributed by atoms with Crippen LogP contribution in [0, 0.1) is 0 Å². The van der Waals surface area contributed by atoms with Gasteiger partial charge in [-0.3, -0.25) is 4.79 Å². The standard InChI is InChI=1S/C13H19N3O3S2/c1-20-10-3-4-11(15-9-10)16-12(17)13(21(2,18)19)5-7-14-8-6-13/h3-4,9,14H,5-8H2,1-2H3,(H,15,16,17). The zero-order valence-electron chi connectivity index (χ0n) is 12.0. The fraction of sp³-hybridized carbons (Fsp3) is 0.538. The zero-order valence-corrected chi connectivity index (χ0v) is 13.7. The van der Waals surface area contributed by atoms with E-state index in [-0.39, 0.29) is 12.8 Å². The second-order valence-corrected chi connectivity index (χ2v) is 8.26.